The predicted octanol–water partition coefficient (Wildman–Crippen LogP) is 4.42. The first kappa shape index (κ1) is 33.5. The van der Waals surface area contributed by atoms with Crippen LogP contribution >= 0.6 is 0 Å². The molecule has 0 saturated heterocycles. The van der Waals surface area contributed by atoms with Crippen LogP contribution < -0.4 is 10.0 Å². The van der Waals surface area contributed by atoms with Gasteiger partial charge >= 0.3 is 0 Å². The monoisotopic (exact) mass is 610 g/mol. The van der Waals surface area contributed by atoms with E-state index >= 15 is 0 Å². The fourth-order valence-corrected chi connectivity index (χ4v) is 6.04. The smallest absolute Gasteiger partial charge is 0.256 e. The molecule has 0 aliphatic rings. The van der Waals surface area contributed by atoms with E-state index in [0.29, 0.717) is 24.2 Å². The van der Waals surface area contributed by atoms with E-state index in [1.165, 1.54) is 4.90 Å². The van der Waals surface area contributed by atoms with Gasteiger partial charge in [0.05, 0.1) is 11.9 Å². The van der Waals surface area contributed by atoms with Gasteiger partial charge in [-0.2, -0.15) is 0 Å². The number of sulfonamides is 1. The van der Waals surface area contributed by atoms with E-state index in [9.17, 15) is 22.8 Å². The first-order valence-electron chi connectivity index (χ1n) is 14.5. The van der Waals surface area contributed by atoms with Gasteiger partial charge in [0.1, 0.15) is 12.1 Å². The van der Waals surface area contributed by atoms with Crippen molar-refractivity contribution in [3.63, 3.8) is 0 Å². The topological polar surface area (TPSA) is 139 Å². The average molecular weight is 611 g/mol. The molecule has 0 radical (unpaired) electrons. The summed E-state index contributed by atoms with van der Waals surface area (Å²) in [5.41, 5.74) is 3.85. The first-order chi connectivity index (χ1) is 20.3. The summed E-state index contributed by atoms with van der Waals surface area (Å²) in [6.45, 7) is 9.40. The molecule has 0 aliphatic carbocycles. The molecule has 2 atom stereocenters. The lowest BCUT2D eigenvalue weighted by Crippen LogP contribution is -2.55. The molecule has 43 heavy (non-hydrogen) atoms. The SMILES string of the molecule is CCCCS(=O)(=O)NC(=O)[C@H](CC(C)C)NC(=O)[C@H](Cc1ccc(-c2ccno2)cc1)N(C)C(=O)c1cc(C)cc(C)c1. The number of rotatable bonds is 14. The molecule has 2 N–H and O–H groups in total. The van der Waals surface area contributed by atoms with Gasteiger partial charge in [0.15, 0.2) is 5.76 Å². The van der Waals surface area contributed by atoms with Crippen molar-refractivity contribution in [3.8, 4) is 11.3 Å². The van der Waals surface area contributed by atoms with Gasteiger partial charge in [0.25, 0.3) is 11.8 Å². The molecule has 0 spiro atoms. The van der Waals surface area contributed by atoms with Crippen molar-refractivity contribution in [1.29, 1.82) is 0 Å². The van der Waals surface area contributed by atoms with Crippen molar-refractivity contribution in [3.05, 3.63) is 77.0 Å². The standard InChI is InChI=1S/C32H42N4O6S/c1-7-8-15-43(40,41)35-30(37)27(16-21(2)3)34-31(38)28(36(6)32(39)26-18-22(4)17-23(5)19-26)20-24-9-11-25(12-10-24)29-13-14-33-42-29/h9-14,17-19,21,27-28H,7-8,15-16,20H2,1-6H3,(H,34,38)(H,35,37)/t27-,28-/m0/s1. The Morgan fingerprint density at radius 2 is 1.63 bits per heavy atom. The van der Waals surface area contributed by atoms with Crippen molar-refractivity contribution in [2.45, 2.75) is 72.4 Å². The fraction of sp³-hybridized carbons (Fsp3) is 0.438. The minimum Gasteiger partial charge on any atom is -0.356 e. The van der Waals surface area contributed by atoms with E-state index < -0.39 is 33.9 Å². The van der Waals surface area contributed by atoms with E-state index in [2.05, 4.69) is 15.2 Å². The van der Waals surface area contributed by atoms with E-state index in [1.54, 1.807) is 31.4 Å². The van der Waals surface area contributed by atoms with Crippen LogP contribution in [0.4, 0.5) is 0 Å². The molecule has 3 aromatic rings. The first-order valence-corrected chi connectivity index (χ1v) is 16.1. The number of unbranched alkanes of at least 4 members (excludes halogenated alkanes) is 1. The predicted molar refractivity (Wildman–Crippen MR) is 166 cm³/mol. The van der Waals surface area contributed by atoms with Gasteiger partial charge in [-0.25, -0.2) is 8.42 Å². The Morgan fingerprint density at radius 1 is 0.977 bits per heavy atom. The Kier molecular flexibility index (Phi) is 11.7. The number of likely N-dealkylation sites (N-methyl/N-ethyl adjacent to an activating group) is 1. The minimum atomic E-state index is -3.85. The molecule has 3 rings (SSSR count). The van der Waals surface area contributed by atoms with Gasteiger partial charge in [-0.1, -0.05) is 73.8 Å². The molecule has 0 bridgehead atoms. The lowest BCUT2D eigenvalue weighted by molar-refractivity contribution is -0.130. The molecular weight excluding hydrogens is 568 g/mol. The van der Waals surface area contributed by atoms with E-state index in [4.69, 9.17) is 4.52 Å². The lowest BCUT2D eigenvalue weighted by atomic mass is 9.99. The Hall–Kier alpha value is -3.99. The zero-order chi connectivity index (χ0) is 31.7. The van der Waals surface area contributed by atoms with Crippen LogP contribution in [0.5, 0.6) is 0 Å². The number of hydrogen-bond donors (Lipinski definition) is 2. The van der Waals surface area contributed by atoms with Crippen molar-refractivity contribution >= 4 is 27.7 Å². The number of aromatic nitrogens is 1. The second-order valence-electron chi connectivity index (χ2n) is 11.4. The van der Waals surface area contributed by atoms with Crippen LogP contribution in [0, 0.1) is 19.8 Å². The molecular formula is C32H42N4O6S. The van der Waals surface area contributed by atoms with Crippen LogP contribution in [0.25, 0.3) is 11.3 Å². The maximum Gasteiger partial charge on any atom is 0.256 e. The van der Waals surface area contributed by atoms with Crippen molar-refractivity contribution < 1.29 is 27.3 Å². The second-order valence-corrected chi connectivity index (χ2v) is 13.3. The molecule has 0 saturated carbocycles. The van der Waals surface area contributed by atoms with Gasteiger partial charge in [0, 0.05) is 30.7 Å². The largest absolute Gasteiger partial charge is 0.356 e. The molecule has 232 valence electrons. The molecule has 10 nitrogen and oxygen atoms in total. The van der Waals surface area contributed by atoms with Crippen LogP contribution in [0.15, 0.2) is 59.3 Å². The van der Waals surface area contributed by atoms with E-state index in [0.717, 1.165) is 22.3 Å². The van der Waals surface area contributed by atoms with Gasteiger partial charge in [-0.15, -0.1) is 0 Å². The fourth-order valence-electron chi connectivity index (χ4n) is 4.82. The molecule has 0 unspecified atom stereocenters. The summed E-state index contributed by atoms with van der Waals surface area (Å²) in [5, 5.41) is 6.49. The maximum absolute atomic E-state index is 13.9. The molecule has 1 aromatic heterocycles. The number of benzene rings is 2. The average Bonchev–Trinajstić information content (AvgIpc) is 3.48. The summed E-state index contributed by atoms with van der Waals surface area (Å²) in [6, 6.07) is 12.5. The van der Waals surface area contributed by atoms with E-state index in [1.807, 2.05) is 65.0 Å². The van der Waals surface area contributed by atoms with Crippen molar-refractivity contribution in [2.24, 2.45) is 5.92 Å². The molecule has 11 heteroatoms. The van der Waals surface area contributed by atoms with Crippen molar-refractivity contribution in [2.75, 3.05) is 12.8 Å². The number of nitrogens with one attached hydrogen (secondary N) is 2. The number of carbonyl (C=O) groups is 3. The highest BCUT2D eigenvalue weighted by Gasteiger charge is 2.32. The second kappa shape index (κ2) is 15.0. The van der Waals surface area contributed by atoms with Gasteiger partial charge in [-0.3, -0.25) is 19.1 Å². The zero-order valence-electron chi connectivity index (χ0n) is 25.7. The molecule has 2 aromatic carbocycles. The molecule has 0 aliphatic heterocycles. The molecule has 0 fully saturated rings. The van der Waals surface area contributed by atoms with Crippen LogP contribution in [-0.4, -0.2) is 61.1 Å². The third-order valence-electron chi connectivity index (χ3n) is 7.03. The highest BCUT2D eigenvalue weighted by molar-refractivity contribution is 7.90. The Labute approximate surface area is 254 Å². The van der Waals surface area contributed by atoms with Crippen LogP contribution in [0.1, 0.15) is 67.1 Å². The summed E-state index contributed by atoms with van der Waals surface area (Å²) in [6.07, 6.45) is 2.99. The van der Waals surface area contributed by atoms with Gasteiger partial charge in [-0.05, 0) is 50.3 Å². The van der Waals surface area contributed by atoms with Gasteiger partial charge in [0.2, 0.25) is 15.9 Å². The zero-order valence-corrected chi connectivity index (χ0v) is 26.5. The summed E-state index contributed by atoms with van der Waals surface area (Å²) in [4.78, 5) is 42.0. The normalized spacial score (nSPS) is 12.9. The lowest BCUT2D eigenvalue weighted by Gasteiger charge is -2.30. The van der Waals surface area contributed by atoms with Gasteiger partial charge < -0.3 is 14.7 Å². The number of hydrogen-bond acceptors (Lipinski definition) is 7. The number of carbonyl (C=O) groups excluding carboxylic acids is 3. The quantitative estimate of drug-likeness (QED) is 0.276. The number of amides is 3. The number of nitrogens with zero attached hydrogens (tertiary/aromatic N) is 2. The number of aryl methyl sites for hydroxylation is 2. The van der Waals surface area contributed by atoms with Crippen LogP contribution in [0.3, 0.4) is 0 Å². The highest BCUT2D eigenvalue weighted by Crippen LogP contribution is 2.21. The molecule has 1 heterocycles. The summed E-state index contributed by atoms with van der Waals surface area (Å²) >= 11 is 0. The Bertz CT molecular complexity index is 1480. The Morgan fingerprint density at radius 3 is 2.19 bits per heavy atom. The summed E-state index contributed by atoms with van der Waals surface area (Å²) in [5.74, 6) is -1.32. The van der Waals surface area contributed by atoms with E-state index in [-0.39, 0.29) is 30.4 Å². The Balaban J connectivity index is 1.91. The minimum absolute atomic E-state index is 0.0221. The van der Waals surface area contributed by atoms with Crippen molar-refractivity contribution in [1.82, 2.24) is 20.1 Å². The molecule has 3 amide bonds. The third-order valence-corrected chi connectivity index (χ3v) is 8.37. The third kappa shape index (κ3) is 9.77. The summed E-state index contributed by atoms with van der Waals surface area (Å²) in [7, 11) is -2.30. The van der Waals surface area contributed by atoms with Crippen LogP contribution in [0.2, 0.25) is 0 Å². The van der Waals surface area contributed by atoms with Crippen LogP contribution in [-0.2, 0) is 26.0 Å². The maximum atomic E-state index is 13.9. The summed E-state index contributed by atoms with van der Waals surface area (Å²) < 4.78 is 32.3. The highest BCUT2D eigenvalue weighted by atomic mass is 32.2.